The zero-order valence-corrected chi connectivity index (χ0v) is 11.3. The summed E-state index contributed by atoms with van der Waals surface area (Å²) in [4.78, 5) is 0. The molecule has 0 saturated carbocycles. The van der Waals surface area contributed by atoms with Crippen molar-refractivity contribution in [3.8, 4) is 0 Å². The Hall–Kier alpha value is -0.580. The summed E-state index contributed by atoms with van der Waals surface area (Å²) in [5.74, 6) is 0.546. The van der Waals surface area contributed by atoms with Gasteiger partial charge in [-0.1, -0.05) is 23.7 Å². The molecular formula is C12H16ClNO2S. The van der Waals surface area contributed by atoms with E-state index < -0.39 is 9.84 Å². The van der Waals surface area contributed by atoms with E-state index in [1.807, 2.05) is 31.2 Å². The predicted molar refractivity (Wildman–Crippen MR) is 70.1 cm³/mol. The summed E-state index contributed by atoms with van der Waals surface area (Å²) >= 11 is 5.93. The molecule has 0 aromatic heterocycles. The van der Waals surface area contributed by atoms with Crippen LogP contribution < -0.4 is 5.32 Å². The molecule has 0 aliphatic carbocycles. The molecule has 1 aliphatic rings. The normalized spacial score (nSPS) is 24.7. The number of rotatable bonds is 3. The number of hydrogen-bond donors (Lipinski definition) is 1. The third-order valence-electron chi connectivity index (χ3n) is 3.07. The van der Waals surface area contributed by atoms with Gasteiger partial charge in [-0.25, -0.2) is 8.42 Å². The number of nitrogens with one attached hydrogen (secondary N) is 1. The summed E-state index contributed by atoms with van der Waals surface area (Å²) < 4.78 is 22.7. The lowest BCUT2D eigenvalue weighted by Crippen LogP contribution is -2.32. The van der Waals surface area contributed by atoms with Gasteiger partial charge >= 0.3 is 0 Å². The van der Waals surface area contributed by atoms with E-state index in [4.69, 9.17) is 11.6 Å². The Balaban J connectivity index is 2.00. The first kappa shape index (κ1) is 12.9. The molecule has 2 unspecified atom stereocenters. The van der Waals surface area contributed by atoms with Gasteiger partial charge in [-0.2, -0.15) is 0 Å². The Morgan fingerprint density at radius 2 is 2.24 bits per heavy atom. The van der Waals surface area contributed by atoms with Crippen LogP contribution in [0.3, 0.4) is 0 Å². The van der Waals surface area contributed by atoms with Crippen LogP contribution in [-0.4, -0.2) is 26.0 Å². The molecule has 1 aromatic carbocycles. The quantitative estimate of drug-likeness (QED) is 0.918. The molecule has 1 aromatic rings. The molecular weight excluding hydrogens is 258 g/mol. The second-order valence-corrected chi connectivity index (χ2v) is 7.21. The maximum atomic E-state index is 11.4. The minimum atomic E-state index is -2.82. The summed E-state index contributed by atoms with van der Waals surface area (Å²) in [5, 5.41) is 4.04. The van der Waals surface area contributed by atoms with Gasteiger partial charge in [-0.15, -0.1) is 0 Å². The van der Waals surface area contributed by atoms with E-state index >= 15 is 0 Å². The highest BCUT2D eigenvalue weighted by atomic mass is 35.5. The molecule has 5 heteroatoms. The van der Waals surface area contributed by atoms with Crippen molar-refractivity contribution in [1.82, 2.24) is 5.32 Å². The van der Waals surface area contributed by atoms with Crippen LogP contribution in [0.1, 0.15) is 24.9 Å². The largest absolute Gasteiger partial charge is 0.306 e. The van der Waals surface area contributed by atoms with E-state index in [2.05, 4.69) is 5.32 Å². The molecule has 3 nitrogen and oxygen atoms in total. The van der Waals surface area contributed by atoms with Crippen LogP contribution in [0.4, 0.5) is 0 Å². The fraction of sp³-hybridized carbons (Fsp3) is 0.500. The maximum absolute atomic E-state index is 11.4. The molecule has 2 rings (SSSR count). The third-order valence-corrected chi connectivity index (χ3v) is 5.07. The smallest absolute Gasteiger partial charge is 0.151 e. The first-order valence-electron chi connectivity index (χ1n) is 5.68. The van der Waals surface area contributed by atoms with E-state index in [9.17, 15) is 8.42 Å². The van der Waals surface area contributed by atoms with Crippen LogP contribution in [0.15, 0.2) is 24.3 Å². The summed E-state index contributed by atoms with van der Waals surface area (Å²) in [6, 6.07) is 7.82. The molecule has 0 bridgehead atoms. The van der Waals surface area contributed by atoms with Gasteiger partial charge in [-0.05, 0) is 31.0 Å². The minimum absolute atomic E-state index is 0.0639. The van der Waals surface area contributed by atoms with Crippen LogP contribution in [-0.2, 0) is 9.84 Å². The van der Waals surface area contributed by atoms with Crippen molar-refractivity contribution in [1.29, 1.82) is 0 Å². The van der Waals surface area contributed by atoms with E-state index in [1.165, 1.54) is 0 Å². The van der Waals surface area contributed by atoms with Gasteiger partial charge in [-0.3, -0.25) is 0 Å². The molecule has 1 N–H and O–H groups in total. The second kappa shape index (κ2) is 4.96. The molecule has 0 spiro atoms. The molecule has 1 fully saturated rings. The summed E-state index contributed by atoms with van der Waals surface area (Å²) in [5.41, 5.74) is 1.08. The fourth-order valence-corrected chi connectivity index (χ4v) is 4.04. The number of hydrogen-bond acceptors (Lipinski definition) is 3. The topological polar surface area (TPSA) is 46.2 Å². The number of halogens is 1. The molecule has 1 aliphatic heterocycles. The third kappa shape index (κ3) is 3.44. The van der Waals surface area contributed by atoms with Crippen molar-refractivity contribution < 1.29 is 8.42 Å². The predicted octanol–water partition coefficient (Wildman–Crippen LogP) is 2.18. The fourth-order valence-electron chi connectivity index (χ4n) is 2.15. The van der Waals surface area contributed by atoms with Gasteiger partial charge in [0.1, 0.15) is 0 Å². The SMILES string of the molecule is CC(NC1CCS(=O)(=O)C1)c1cccc(Cl)c1. The van der Waals surface area contributed by atoms with Gasteiger partial charge < -0.3 is 5.32 Å². The number of benzene rings is 1. The Bertz CT molecular complexity index is 501. The Labute approximate surface area is 107 Å². The van der Waals surface area contributed by atoms with Gasteiger partial charge in [0.05, 0.1) is 11.5 Å². The van der Waals surface area contributed by atoms with Gasteiger partial charge in [0.15, 0.2) is 9.84 Å². The monoisotopic (exact) mass is 273 g/mol. The minimum Gasteiger partial charge on any atom is -0.306 e. The number of sulfone groups is 1. The van der Waals surface area contributed by atoms with E-state index in [0.29, 0.717) is 17.2 Å². The van der Waals surface area contributed by atoms with Crippen LogP contribution >= 0.6 is 11.6 Å². The zero-order valence-electron chi connectivity index (χ0n) is 9.69. The lowest BCUT2D eigenvalue weighted by molar-refractivity contribution is 0.485. The highest BCUT2D eigenvalue weighted by Gasteiger charge is 2.28. The Kier molecular flexibility index (Phi) is 3.76. The van der Waals surface area contributed by atoms with Crippen molar-refractivity contribution in [2.24, 2.45) is 0 Å². The molecule has 0 amide bonds. The first-order valence-corrected chi connectivity index (χ1v) is 7.88. The van der Waals surface area contributed by atoms with Gasteiger partial charge in [0, 0.05) is 17.1 Å². The molecule has 94 valence electrons. The molecule has 17 heavy (non-hydrogen) atoms. The molecule has 0 radical (unpaired) electrons. The van der Waals surface area contributed by atoms with Crippen LogP contribution in [0, 0.1) is 0 Å². The Morgan fingerprint density at radius 1 is 1.47 bits per heavy atom. The van der Waals surface area contributed by atoms with Gasteiger partial charge in [0.25, 0.3) is 0 Å². The van der Waals surface area contributed by atoms with Crippen LogP contribution in [0.2, 0.25) is 5.02 Å². The summed E-state index contributed by atoms with van der Waals surface area (Å²) in [7, 11) is -2.82. The standard InChI is InChI=1S/C12H16ClNO2S/c1-9(10-3-2-4-11(13)7-10)14-12-5-6-17(15,16)8-12/h2-4,7,9,12,14H,5-6,8H2,1H3. The van der Waals surface area contributed by atoms with Crippen molar-refractivity contribution >= 4 is 21.4 Å². The second-order valence-electron chi connectivity index (χ2n) is 4.54. The summed E-state index contributed by atoms with van der Waals surface area (Å²) in [6.07, 6.45) is 0.702. The molecule has 1 saturated heterocycles. The Morgan fingerprint density at radius 3 is 2.82 bits per heavy atom. The average molecular weight is 274 g/mol. The lowest BCUT2D eigenvalue weighted by atomic mass is 10.1. The maximum Gasteiger partial charge on any atom is 0.151 e. The molecule has 2 atom stereocenters. The van der Waals surface area contributed by atoms with Crippen molar-refractivity contribution in [3.05, 3.63) is 34.9 Å². The van der Waals surface area contributed by atoms with Crippen molar-refractivity contribution in [2.75, 3.05) is 11.5 Å². The molecule has 1 heterocycles. The zero-order chi connectivity index (χ0) is 12.5. The van der Waals surface area contributed by atoms with Gasteiger partial charge in [0.2, 0.25) is 0 Å². The first-order chi connectivity index (χ1) is 7.96. The highest BCUT2D eigenvalue weighted by molar-refractivity contribution is 7.91. The summed E-state index contributed by atoms with van der Waals surface area (Å²) in [6.45, 7) is 2.02. The van der Waals surface area contributed by atoms with E-state index in [-0.39, 0.29) is 17.8 Å². The van der Waals surface area contributed by atoms with Crippen LogP contribution in [0.25, 0.3) is 0 Å². The average Bonchev–Trinajstić information content (AvgIpc) is 2.58. The van der Waals surface area contributed by atoms with Crippen molar-refractivity contribution in [2.45, 2.75) is 25.4 Å². The van der Waals surface area contributed by atoms with Crippen LogP contribution in [0.5, 0.6) is 0 Å². The van der Waals surface area contributed by atoms with E-state index in [0.717, 1.165) is 5.56 Å². The lowest BCUT2D eigenvalue weighted by Gasteiger charge is -2.18. The highest BCUT2D eigenvalue weighted by Crippen LogP contribution is 2.20. The van der Waals surface area contributed by atoms with Crippen molar-refractivity contribution in [3.63, 3.8) is 0 Å². The van der Waals surface area contributed by atoms with E-state index in [1.54, 1.807) is 0 Å².